The lowest BCUT2D eigenvalue weighted by Gasteiger charge is -2.15. The van der Waals surface area contributed by atoms with Crippen molar-refractivity contribution in [1.29, 1.82) is 0 Å². The molecule has 0 spiro atoms. The second-order valence-corrected chi connectivity index (χ2v) is 6.41. The molecule has 0 radical (unpaired) electrons. The van der Waals surface area contributed by atoms with Crippen LogP contribution in [0.25, 0.3) is 0 Å². The van der Waals surface area contributed by atoms with Crippen LogP contribution >= 0.6 is 11.8 Å². The molecule has 2 rings (SSSR count). The van der Waals surface area contributed by atoms with E-state index in [0.717, 1.165) is 27.8 Å². The van der Waals surface area contributed by atoms with E-state index in [2.05, 4.69) is 15.5 Å². The first-order valence-electron chi connectivity index (χ1n) is 6.80. The lowest BCUT2D eigenvalue weighted by Crippen LogP contribution is -2.23. The summed E-state index contributed by atoms with van der Waals surface area (Å²) in [5.41, 5.74) is 3.02. The third-order valence-electron chi connectivity index (χ3n) is 3.43. The van der Waals surface area contributed by atoms with Crippen molar-refractivity contribution in [3.05, 3.63) is 35.2 Å². The Labute approximate surface area is 129 Å². The first-order valence-corrected chi connectivity index (χ1v) is 7.68. The minimum atomic E-state index is -0.244. The number of benzene rings is 1. The number of para-hydroxylation sites is 1. The maximum Gasteiger partial charge on any atom is 0.237 e. The number of anilines is 1. The zero-order chi connectivity index (χ0) is 15.6. The summed E-state index contributed by atoms with van der Waals surface area (Å²) in [6.45, 7) is 7.75. The molecule has 0 bridgehead atoms. The predicted octanol–water partition coefficient (Wildman–Crippen LogP) is 2.86. The van der Waals surface area contributed by atoms with E-state index in [1.165, 1.54) is 11.8 Å². The largest absolute Gasteiger partial charge is 0.325 e. The van der Waals surface area contributed by atoms with Crippen molar-refractivity contribution < 1.29 is 4.79 Å². The van der Waals surface area contributed by atoms with E-state index in [9.17, 15) is 4.79 Å². The van der Waals surface area contributed by atoms with Crippen LogP contribution in [-0.2, 0) is 11.8 Å². The van der Waals surface area contributed by atoms with Crippen molar-refractivity contribution in [2.45, 2.75) is 38.1 Å². The normalized spacial score (nSPS) is 12.2. The summed E-state index contributed by atoms with van der Waals surface area (Å²) in [6.07, 6.45) is 0. The molecule has 0 aliphatic rings. The summed E-state index contributed by atoms with van der Waals surface area (Å²) in [6, 6.07) is 5.97. The van der Waals surface area contributed by atoms with Crippen molar-refractivity contribution in [1.82, 2.24) is 14.8 Å². The molecule has 1 aromatic carbocycles. The molecule has 1 heterocycles. The number of carbonyl (C=O) groups excluding carboxylic acids is 1. The molecule has 2 aromatic rings. The molecule has 0 aliphatic heterocycles. The summed E-state index contributed by atoms with van der Waals surface area (Å²) >= 11 is 1.41. The fraction of sp³-hybridized carbons (Fsp3) is 0.400. The summed E-state index contributed by atoms with van der Waals surface area (Å²) in [4.78, 5) is 12.3. The molecule has 0 saturated heterocycles. The van der Waals surface area contributed by atoms with Crippen LogP contribution in [-0.4, -0.2) is 25.9 Å². The molecular formula is C15H20N4OS. The first-order chi connectivity index (χ1) is 9.90. The van der Waals surface area contributed by atoms with E-state index >= 15 is 0 Å². The van der Waals surface area contributed by atoms with Gasteiger partial charge in [-0.05, 0) is 38.8 Å². The SMILES string of the molecule is Cc1cccc(C)c1NC(=O)C(C)Sc1nnc(C)n1C. The summed E-state index contributed by atoms with van der Waals surface area (Å²) in [7, 11) is 1.90. The number of aromatic nitrogens is 3. The highest BCUT2D eigenvalue weighted by Crippen LogP contribution is 2.24. The van der Waals surface area contributed by atoms with Gasteiger partial charge in [0.15, 0.2) is 5.16 Å². The van der Waals surface area contributed by atoms with Gasteiger partial charge < -0.3 is 9.88 Å². The Morgan fingerprint density at radius 3 is 2.38 bits per heavy atom. The molecule has 1 N–H and O–H groups in total. The van der Waals surface area contributed by atoms with E-state index in [1.54, 1.807) is 0 Å². The standard InChI is InChI=1S/C15H20N4OS/c1-9-7-6-8-10(2)13(9)16-14(20)11(3)21-15-18-17-12(4)19(15)5/h6-8,11H,1-5H3,(H,16,20). The second-order valence-electron chi connectivity index (χ2n) is 5.10. The third-order valence-corrected chi connectivity index (χ3v) is 4.57. The Morgan fingerprint density at radius 2 is 1.86 bits per heavy atom. The number of rotatable bonds is 4. The fourth-order valence-corrected chi connectivity index (χ4v) is 2.80. The number of amides is 1. The van der Waals surface area contributed by atoms with Crippen molar-refractivity contribution in [3.8, 4) is 0 Å². The third kappa shape index (κ3) is 3.44. The number of hydrogen-bond donors (Lipinski definition) is 1. The summed E-state index contributed by atoms with van der Waals surface area (Å²) in [5, 5.41) is 11.6. The van der Waals surface area contributed by atoms with Gasteiger partial charge in [-0.25, -0.2) is 0 Å². The maximum atomic E-state index is 12.3. The number of hydrogen-bond acceptors (Lipinski definition) is 4. The molecule has 0 saturated carbocycles. The van der Waals surface area contributed by atoms with Gasteiger partial charge in [0.25, 0.3) is 0 Å². The predicted molar refractivity (Wildman–Crippen MR) is 85.6 cm³/mol. The average molecular weight is 304 g/mol. The summed E-state index contributed by atoms with van der Waals surface area (Å²) < 4.78 is 1.88. The monoisotopic (exact) mass is 304 g/mol. The van der Waals surface area contributed by atoms with E-state index in [0.29, 0.717) is 0 Å². The Bertz CT molecular complexity index is 645. The van der Waals surface area contributed by atoms with Crippen LogP contribution in [0, 0.1) is 20.8 Å². The number of thioether (sulfide) groups is 1. The maximum absolute atomic E-state index is 12.3. The molecule has 0 aliphatic carbocycles. The van der Waals surface area contributed by atoms with E-state index in [1.807, 2.05) is 57.5 Å². The van der Waals surface area contributed by atoms with Gasteiger partial charge in [-0.15, -0.1) is 10.2 Å². The van der Waals surface area contributed by atoms with Gasteiger partial charge in [-0.1, -0.05) is 30.0 Å². The minimum Gasteiger partial charge on any atom is -0.325 e. The van der Waals surface area contributed by atoms with Crippen LogP contribution in [0.5, 0.6) is 0 Å². The molecule has 0 fully saturated rings. The first kappa shape index (κ1) is 15.6. The Hall–Kier alpha value is -1.82. The van der Waals surface area contributed by atoms with Gasteiger partial charge in [0, 0.05) is 12.7 Å². The van der Waals surface area contributed by atoms with Gasteiger partial charge in [-0.3, -0.25) is 4.79 Å². The highest BCUT2D eigenvalue weighted by Gasteiger charge is 2.19. The van der Waals surface area contributed by atoms with Crippen LogP contribution in [0.2, 0.25) is 0 Å². The van der Waals surface area contributed by atoms with Crippen LogP contribution in [0.4, 0.5) is 5.69 Å². The zero-order valence-corrected chi connectivity index (χ0v) is 13.8. The Kier molecular flexibility index (Phi) is 4.67. The molecular weight excluding hydrogens is 284 g/mol. The van der Waals surface area contributed by atoms with Gasteiger partial charge in [0.2, 0.25) is 5.91 Å². The van der Waals surface area contributed by atoms with Gasteiger partial charge in [0.05, 0.1) is 5.25 Å². The lowest BCUT2D eigenvalue weighted by molar-refractivity contribution is -0.115. The quantitative estimate of drug-likeness (QED) is 0.882. The van der Waals surface area contributed by atoms with Gasteiger partial charge in [-0.2, -0.15) is 0 Å². The number of aryl methyl sites for hydroxylation is 3. The van der Waals surface area contributed by atoms with E-state index in [-0.39, 0.29) is 11.2 Å². The Morgan fingerprint density at radius 1 is 1.24 bits per heavy atom. The average Bonchev–Trinajstić information content (AvgIpc) is 2.75. The van der Waals surface area contributed by atoms with Crippen molar-refractivity contribution in [3.63, 3.8) is 0 Å². The van der Waals surface area contributed by atoms with E-state index in [4.69, 9.17) is 0 Å². The Balaban J connectivity index is 2.08. The zero-order valence-electron chi connectivity index (χ0n) is 13.0. The molecule has 1 unspecified atom stereocenters. The highest BCUT2D eigenvalue weighted by molar-refractivity contribution is 8.00. The van der Waals surface area contributed by atoms with Crippen LogP contribution in [0.1, 0.15) is 23.9 Å². The molecule has 6 heteroatoms. The molecule has 1 aromatic heterocycles. The second kappa shape index (κ2) is 6.30. The van der Waals surface area contributed by atoms with Crippen LogP contribution < -0.4 is 5.32 Å². The van der Waals surface area contributed by atoms with E-state index < -0.39 is 0 Å². The summed E-state index contributed by atoms with van der Waals surface area (Å²) in [5.74, 6) is 0.804. The minimum absolute atomic E-state index is 0.0296. The van der Waals surface area contributed by atoms with Gasteiger partial charge in [0.1, 0.15) is 5.82 Å². The van der Waals surface area contributed by atoms with Crippen LogP contribution in [0.3, 0.4) is 0 Å². The topological polar surface area (TPSA) is 59.8 Å². The number of carbonyl (C=O) groups is 1. The molecule has 5 nitrogen and oxygen atoms in total. The highest BCUT2D eigenvalue weighted by atomic mass is 32.2. The molecule has 1 amide bonds. The number of nitrogens with zero attached hydrogens (tertiary/aromatic N) is 3. The molecule has 112 valence electrons. The smallest absolute Gasteiger partial charge is 0.237 e. The molecule has 1 atom stereocenters. The fourth-order valence-electron chi connectivity index (χ4n) is 1.94. The van der Waals surface area contributed by atoms with Crippen molar-refractivity contribution >= 4 is 23.4 Å². The van der Waals surface area contributed by atoms with Gasteiger partial charge >= 0.3 is 0 Å². The van der Waals surface area contributed by atoms with Crippen molar-refractivity contribution in [2.75, 3.05) is 5.32 Å². The molecule has 21 heavy (non-hydrogen) atoms. The van der Waals surface area contributed by atoms with Crippen molar-refractivity contribution in [2.24, 2.45) is 7.05 Å². The van der Waals surface area contributed by atoms with Crippen LogP contribution in [0.15, 0.2) is 23.4 Å². The lowest BCUT2D eigenvalue weighted by atomic mass is 10.1. The number of nitrogens with one attached hydrogen (secondary N) is 1.